The number of hydrogen-bond acceptors (Lipinski definition) is 8. The molecule has 0 saturated carbocycles. The maximum Gasteiger partial charge on any atom is 0.312 e. The highest BCUT2D eigenvalue weighted by molar-refractivity contribution is 7.08. The van der Waals surface area contributed by atoms with Gasteiger partial charge in [-0.2, -0.15) is 0 Å². The third-order valence-corrected chi connectivity index (χ3v) is 6.89. The van der Waals surface area contributed by atoms with Crippen LogP contribution >= 0.6 is 11.5 Å². The first-order valence-corrected chi connectivity index (χ1v) is 11.0. The van der Waals surface area contributed by atoms with Crippen molar-refractivity contribution >= 4 is 23.4 Å². The molecule has 3 fully saturated rings. The maximum atomic E-state index is 12.9. The van der Waals surface area contributed by atoms with Gasteiger partial charge in [0.05, 0.1) is 24.3 Å². The molecule has 1 aromatic heterocycles. The van der Waals surface area contributed by atoms with Gasteiger partial charge in [-0.3, -0.25) is 14.5 Å². The zero-order valence-electron chi connectivity index (χ0n) is 16.4. The first-order chi connectivity index (χ1) is 13.6. The molecule has 1 unspecified atom stereocenters. The van der Waals surface area contributed by atoms with Crippen molar-refractivity contribution in [1.82, 2.24) is 19.4 Å². The zero-order chi connectivity index (χ0) is 19.6. The predicted molar refractivity (Wildman–Crippen MR) is 103 cm³/mol. The van der Waals surface area contributed by atoms with E-state index in [4.69, 9.17) is 9.47 Å². The Kier molecular flexibility index (Phi) is 5.93. The van der Waals surface area contributed by atoms with Crippen molar-refractivity contribution in [2.45, 2.75) is 45.1 Å². The van der Waals surface area contributed by atoms with Crippen LogP contribution in [0.5, 0.6) is 0 Å². The number of carbonyl (C=O) groups excluding carboxylic acids is 2. The topological polar surface area (TPSA) is 84.9 Å². The van der Waals surface area contributed by atoms with Gasteiger partial charge in [-0.1, -0.05) is 17.8 Å². The maximum absolute atomic E-state index is 12.9. The average Bonchev–Trinajstić information content (AvgIpc) is 3.28. The number of morpholine rings is 1. The molecular weight excluding hydrogens is 380 g/mol. The lowest BCUT2D eigenvalue weighted by Gasteiger charge is -2.36. The molecule has 1 amide bonds. The molecule has 154 valence electrons. The molecule has 8 nitrogen and oxygen atoms in total. The van der Waals surface area contributed by atoms with Crippen LogP contribution in [0.3, 0.4) is 0 Å². The molecule has 1 aromatic rings. The Morgan fingerprint density at radius 2 is 2.00 bits per heavy atom. The Hall–Kier alpha value is -1.58. The summed E-state index contributed by atoms with van der Waals surface area (Å²) in [4.78, 5) is 30.4. The highest BCUT2D eigenvalue weighted by atomic mass is 32.1. The largest absolute Gasteiger partial charge is 0.461 e. The fraction of sp³-hybridized carbons (Fsp3) is 0.789. The number of cyclic esters (lactones) is 1. The molecule has 3 saturated heterocycles. The van der Waals surface area contributed by atoms with Crippen molar-refractivity contribution in [1.29, 1.82) is 0 Å². The van der Waals surface area contributed by atoms with Crippen LogP contribution in [0.15, 0.2) is 0 Å². The average molecular weight is 409 g/mol. The number of esters is 1. The van der Waals surface area contributed by atoms with E-state index in [1.807, 2.05) is 4.90 Å². The van der Waals surface area contributed by atoms with Gasteiger partial charge in [-0.05, 0) is 30.8 Å². The molecule has 1 atom stereocenters. The summed E-state index contributed by atoms with van der Waals surface area (Å²) >= 11 is 1.18. The number of nitrogens with zero attached hydrogens (tertiary/aromatic N) is 4. The molecule has 3 aliphatic rings. The van der Waals surface area contributed by atoms with Gasteiger partial charge in [0, 0.05) is 39.1 Å². The van der Waals surface area contributed by atoms with E-state index < -0.39 is 5.41 Å². The second-order valence-electron chi connectivity index (χ2n) is 8.02. The molecule has 0 N–H and O–H groups in total. The fourth-order valence-electron chi connectivity index (χ4n) is 4.47. The molecule has 0 aromatic carbocycles. The predicted octanol–water partition coefficient (Wildman–Crippen LogP) is 1.36. The fourth-order valence-corrected chi connectivity index (χ4v) is 5.15. The molecule has 4 heterocycles. The van der Waals surface area contributed by atoms with Gasteiger partial charge < -0.3 is 14.4 Å². The standard InChI is InChI=1S/C19H28N4O4S/c1-2-3-15-16(28-21-20-15)17(24)23-6-4-19(5-7-23)12-14(27-18(19)25)13-22-8-10-26-11-9-22/h14H,2-13H2,1H3. The second-order valence-corrected chi connectivity index (χ2v) is 8.77. The van der Waals surface area contributed by atoms with Gasteiger partial charge in [-0.25, -0.2) is 0 Å². The molecular formula is C19H28N4O4S. The Balaban J connectivity index is 1.34. The summed E-state index contributed by atoms with van der Waals surface area (Å²) < 4.78 is 15.1. The Bertz CT molecular complexity index is 711. The lowest BCUT2D eigenvalue weighted by molar-refractivity contribution is -0.151. The van der Waals surface area contributed by atoms with Crippen LogP contribution in [0.4, 0.5) is 0 Å². The van der Waals surface area contributed by atoms with Crippen LogP contribution in [0.2, 0.25) is 0 Å². The number of piperidine rings is 1. The minimum absolute atomic E-state index is 0.00420. The molecule has 1 spiro atoms. The molecule has 9 heteroatoms. The lowest BCUT2D eigenvalue weighted by Crippen LogP contribution is -2.45. The van der Waals surface area contributed by atoms with Crippen LogP contribution in [0, 0.1) is 5.41 Å². The van der Waals surface area contributed by atoms with E-state index >= 15 is 0 Å². The number of aryl methyl sites for hydroxylation is 1. The summed E-state index contributed by atoms with van der Waals surface area (Å²) in [6.45, 7) is 7.30. The van der Waals surface area contributed by atoms with Crippen LogP contribution in [-0.4, -0.2) is 83.3 Å². The third kappa shape index (κ3) is 3.92. The van der Waals surface area contributed by atoms with Gasteiger partial charge in [-0.15, -0.1) is 5.10 Å². The van der Waals surface area contributed by atoms with Crippen LogP contribution < -0.4 is 0 Å². The summed E-state index contributed by atoms with van der Waals surface area (Å²) in [7, 11) is 0. The summed E-state index contributed by atoms with van der Waals surface area (Å²) in [5.41, 5.74) is 0.370. The number of hydrogen-bond donors (Lipinski definition) is 0. The smallest absolute Gasteiger partial charge is 0.312 e. The molecule has 0 radical (unpaired) electrons. The summed E-state index contributed by atoms with van der Waals surface area (Å²) in [5, 5.41) is 4.10. The van der Waals surface area contributed by atoms with Crippen molar-refractivity contribution in [3.63, 3.8) is 0 Å². The van der Waals surface area contributed by atoms with E-state index in [0.717, 1.165) is 57.8 Å². The highest BCUT2D eigenvalue weighted by Gasteiger charge is 2.51. The van der Waals surface area contributed by atoms with E-state index in [1.165, 1.54) is 11.5 Å². The summed E-state index contributed by atoms with van der Waals surface area (Å²) in [5.74, 6) is -0.0754. The van der Waals surface area contributed by atoms with Crippen molar-refractivity contribution < 1.29 is 19.1 Å². The van der Waals surface area contributed by atoms with Crippen LogP contribution in [-0.2, 0) is 20.7 Å². The Morgan fingerprint density at radius 1 is 1.25 bits per heavy atom. The molecule has 28 heavy (non-hydrogen) atoms. The van der Waals surface area contributed by atoms with Crippen LogP contribution in [0.1, 0.15) is 48.0 Å². The number of carbonyl (C=O) groups is 2. The SMILES string of the molecule is CCCc1nnsc1C(=O)N1CCC2(CC1)CC(CN1CCOCC1)OC2=O. The normalized spacial score (nSPS) is 25.2. The number of rotatable bonds is 5. The first-order valence-electron chi connectivity index (χ1n) is 10.2. The van der Waals surface area contributed by atoms with Gasteiger partial charge in [0.2, 0.25) is 0 Å². The van der Waals surface area contributed by atoms with E-state index in [-0.39, 0.29) is 18.0 Å². The van der Waals surface area contributed by atoms with Crippen molar-refractivity contribution in [3.05, 3.63) is 10.6 Å². The van der Waals surface area contributed by atoms with Gasteiger partial charge in [0.15, 0.2) is 0 Å². The quantitative estimate of drug-likeness (QED) is 0.680. The minimum Gasteiger partial charge on any atom is -0.461 e. The molecule has 4 rings (SSSR count). The van der Waals surface area contributed by atoms with Crippen molar-refractivity contribution in [2.24, 2.45) is 5.41 Å². The van der Waals surface area contributed by atoms with Gasteiger partial charge in [0.25, 0.3) is 5.91 Å². The third-order valence-electron chi connectivity index (χ3n) is 6.14. The first kappa shape index (κ1) is 19.7. The monoisotopic (exact) mass is 408 g/mol. The van der Waals surface area contributed by atoms with E-state index in [9.17, 15) is 9.59 Å². The molecule has 0 aliphatic carbocycles. The number of ether oxygens (including phenoxy) is 2. The van der Waals surface area contributed by atoms with E-state index in [1.54, 1.807) is 0 Å². The van der Waals surface area contributed by atoms with E-state index in [2.05, 4.69) is 21.4 Å². The van der Waals surface area contributed by atoms with Crippen LogP contribution in [0.25, 0.3) is 0 Å². The lowest BCUT2D eigenvalue weighted by atomic mass is 9.76. The summed E-state index contributed by atoms with van der Waals surface area (Å²) in [6, 6.07) is 0. The Labute approximate surface area is 169 Å². The number of aromatic nitrogens is 2. The van der Waals surface area contributed by atoms with Crippen molar-refractivity contribution in [3.8, 4) is 0 Å². The van der Waals surface area contributed by atoms with Gasteiger partial charge >= 0.3 is 5.97 Å². The number of amides is 1. The Morgan fingerprint density at radius 3 is 2.71 bits per heavy atom. The zero-order valence-corrected chi connectivity index (χ0v) is 17.2. The summed E-state index contributed by atoms with van der Waals surface area (Å²) in [6.07, 6.45) is 3.76. The number of likely N-dealkylation sites (tertiary alicyclic amines) is 1. The second kappa shape index (κ2) is 8.42. The van der Waals surface area contributed by atoms with Gasteiger partial charge in [0.1, 0.15) is 11.0 Å². The van der Waals surface area contributed by atoms with Crippen molar-refractivity contribution in [2.75, 3.05) is 45.9 Å². The van der Waals surface area contributed by atoms with E-state index in [0.29, 0.717) is 30.8 Å². The molecule has 0 bridgehead atoms. The minimum atomic E-state index is -0.425. The highest BCUT2D eigenvalue weighted by Crippen LogP contribution is 2.43. The molecule has 3 aliphatic heterocycles.